The highest BCUT2D eigenvalue weighted by Gasteiger charge is 2.34. The van der Waals surface area contributed by atoms with Gasteiger partial charge in [0, 0.05) is 13.5 Å². The van der Waals surface area contributed by atoms with Gasteiger partial charge in [-0.15, -0.1) is 0 Å². The quantitative estimate of drug-likeness (QED) is 0.840. The van der Waals surface area contributed by atoms with Crippen LogP contribution in [0, 0.1) is 0 Å². The van der Waals surface area contributed by atoms with E-state index in [1.54, 1.807) is 0 Å². The van der Waals surface area contributed by atoms with Gasteiger partial charge in [-0.25, -0.2) is 9.80 Å². The molecule has 2 aliphatic heterocycles. The predicted molar refractivity (Wildman–Crippen MR) is 76.9 cm³/mol. The Morgan fingerprint density at radius 3 is 2.86 bits per heavy atom. The van der Waals surface area contributed by atoms with Gasteiger partial charge in [0.2, 0.25) is 5.91 Å². The Morgan fingerprint density at radius 2 is 2.14 bits per heavy atom. The lowest BCUT2D eigenvalue weighted by atomic mass is 9.90. The van der Waals surface area contributed by atoms with Crippen LogP contribution < -0.4 is 10.2 Å². The van der Waals surface area contributed by atoms with Gasteiger partial charge in [0.25, 0.3) is 5.91 Å². The molecule has 1 saturated heterocycles. The summed E-state index contributed by atoms with van der Waals surface area (Å²) in [6.45, 7) is 0.449. The van der Waals surface area contributed by atoms with E-state index < -0.39 is 6.03 Å². The topological polar surface area (TPSA) is 79.0 Å². The molecule has 0 aliphatic carbocycles. The van der Waals surface area contributed by atoms with Gasteiger partial charge in [0.05, 0.1) is 6.61 Å². The number of imide groups is 1. The maximum absolute atomic E-state index is 12.2. The number of carbonyl (C=O) groups is 3. The van der Waals surface area contributed by atoms with Crippen molar-refractivity contribution in [3.63, 3.8) is 0 Å². The molecule has 0 aromatic heterocycles. The summed E-state index contributed by atoms with van der Waals surface area (Å²) in [5.74, 6) is 0.245. The van der Waals surface area contributed by atoms with Gasteiger partial charge in [0.1, 0.15) is 12.3 Å². The number of carbonyl (C=O) groups excluding carboxylic acids is 3. The Bertz CT molecular complexity index is 631. The first kappa shape index (κ1) is 14.4. The van der Waals surface area contributed by atoms with Crippen molar-refractivity contribution in [2.75, 3.05) is 20.2 Å². The number of nitrogens with one attached hydrogen (secondary N) is 1. The van der Waals surface area contributed by atoms with E-state index in [9.17, 15) is 14.4 Å². The zero-order valence-corrected chi connectivity index (χ0v) is 12.2. The van der Waals surface area contributed by atoms with Crippen molar-refractivity contribution in [1.82, 2.24) is 15.3 Å². The maximum atomic E-state index is 12.2. The molecule has 4 amide bonds. The molecule has 2 aliphatic rings. The number of amides is 4. The summed E-state index contributed by atoms with van der Waals surface area (Å²) in [5.41, 5.74) is 3.51. The number of urea groups is 1. The average molecular weight is 303 g/mol. The molecule has 7 nitrogen and oxygen atoms in total. The first-order valence-electron chi connectivity index (χ1n) is 7.15. The molecule has 116 valence electrons. The van der Waals surface area contributed by atoms with E-state index in [-0.39, 0.29) is 30.7 Å². The van der Waals surface area contributed by atoms with E-state index in [1.807, 2.05) is 24.3 Å². The van der Waals surface area contributed by atoms with Gasteiger partial charge in [-0.3, -0.25) is 19.9 Å². The Balaban J connectivity index is 1.64. The predicted octanol–water partition coefficient (Wildman–Crippen LogP) is 0.868. The molecule has 1 N–H and O–H groups in total. The number of hydrogen-bond donors (Lipinski definition) is 1. The zero-order chi connectivity index (χ0) is 15.7. The van der Waals surface area contributed by atoms with Gasteiger partial charge in [-0.05, 0) is 24.0 Å². The van der Waals surface area contributed by atoms with E-state index in [0.717, 1.165) is 27.6 Å². The SMILES string of the molecule is CN1C(=O)CN(NC(=O)CC2CCOc3ccccc32)C1=O. The van der Waals surface area contributed by atoms with E-state index in [1.165, 1.54) is 7.05 Å². The first-order chi connectivity index (χ1) is 10.6. The van der Waals surface area contributed by atoms with Crippen molar-refractivity contribution in [3.8, 4) is 5.75 Å². The van der Waals surface area contributed by atoms with Gasteiger partial charge in [-0.1, -0.05) is 18.2 Å². The molecule has 0 spiro atoms. The summed E-state index contributed by atoms with van der Waals surface area (Å²) in [7, 11) is 1.39. The van der Waals surface area contributed by atoms with Crippen LogP contribution in [0.5, 0.6) is 5.75 Å². The fourth-order valence-corrected chi connectivity index (χ4v) is 2.73. The summed E-state index contributed by atoms with van der Waals surface area (Å²) in [6.07, 6.45) is 0.999. The second-order valence-corrected chi connectivity index (χ2v) is 5.43. The van der Waals surface area contributed by atoms with E-state index in [0.29, 0.717) is 6.61 Å². The number of hydrazine groups is 1. The van der Waals surface area contributed by atoms with Gasteiger partial charge < -0.3 is 4.74 Å². The molecule has 1 aromatic rings. The van der Waals surface area contributed by atoms with Crippen LogP contribution in [0.3, 0.4) is 0 Å². The van der Waals surface area contributed by atoms with Crippen LogP contribution in [-0.2, 0) is 9.59 Å². The lowest BCUT2D eigenvalue weighted by Gasteiger charge is -2.26. The third kappa shape index (κ3) is 2.61. The molecule has 22 heavy (non-hydrogen) atoms. The van der Waals surface area contributed by atoms with Gasteiger partial charge >= 0.3 is 6.03 Å². The summed E-state index contributed by atoms with van der Waals surface area (Å²) < 4.78 is 5.57. The fraction of sp³-hybridized carbons (Fsp3) is 0.400. The number of nitrogens with zero attached hydrogens (tertiary/aromatic N) is 2. The van der Waals surface area contributed by atoms with Crippen molar-refractivity contribution < 1.29 is 19.1 Å². The largest absolute Gasteiger partial charge is 0.493 e. The van der Waals surface area contributed by atoms with Crippen molar-refractivity contribution in [2.45, 2.75) is 18.8 Å². The summed E-state index contributed by atoms with van der Waals surface area (Å²) in [5, 5.41) is 1.05. The Morgan fingerprint density at radius 1 is 1.36 bits per heavy atom. The second kappa shape index (κ2) is 5.67. The van der Waals surface area contributed by atoms with Crippen molar-refractivity contribution in [3.05, 3.63) is 29.8 Å². The number of benzene rings is 1. The molecule has 1 unspecified atom stereocenters. The van der Waals surface area contributed by atoms with Crippen LogP contribution in [0.4, 0.5) is 4.79 Å². The lowest BCUT2D eigenvalue weighted by molar-refractivity contribution is -0.126. The monoisotopic (exact) mass is 303 g/mol. The lowest BCUT2D eigenvalue weighted by Crippen LogP contribution is -2.44. The number of para-hydroxylation sites is 1. The highest BCUT2D eigenvalue weighted by molar-refractivity contribution is 6.02. The molecule has 1 fully saturated rings. The van der Waals surface area contributed by atoms with Crippen molar-refractivity contribution >= 4 is 17.8 Å². The van der Waals surface area contributed by atoms with E-state index in [2.05, 4.69) is 5.43 Å². The Kier molecular flexibility index (Phi) is 3.70. The van der Waals surface area contributed by atoms with Gasteiger partial charge in [-0.2, -0.15) is 0 Å². The number of hydrogen-bond acceptors (Lipinski definition) is 4. The molecule has 0 radical (unpaired) electrons. The number of ether oxygens (including phenoxy) is 1. The molecule has 2 heterocycles. The van der Waals surface area contributed by atoms with Crippen LogP contribution in [-0.4, -0.2) is 48.0 Å². The second-order valence-electron chi connectivity index (χ2n) is 5.43. The van der Waals surface area contributed by atoms with Crippen molar-refractivity contribution in [2.24, 2.45) is 0 Å². The van der Waals surface area contributed by atoms with E-state index >= 15 is 0 Å². The third-order valence-electron chi connectivity index (χ3n) is 3.96. The molecule has 7 heteroatoms. The van der Waals surface area contributed by atoms with Crippen molar-refractivity contribution in [1.29, 1.82) is 0 Å². The molecule has 1 aromatic carbocycles. The summed E-state index contributed by atoms with van der Waals surface area (Å²) in [4.78, 5) is 36.3. The fourth-order valence-electron chi connectivity index (χ4n) is 2.73. The molecule has 0 saturated carbocycles. The molecule has 1 atom stereocenters. The normalized spacial score (nSPS) is 20.7. The summed E-state index contributed by atoms with van der Waals surface area (Å²) >= 11 is 0. The van der Waals surface area contributed by atoms with Crippen LogP contribution in [0.1, 0.15) is 24.3 Å². The third-order valence-corrected chi connectivity index (χ3v) is 3.96. The smallest absolute Gasteiger partial charge is 0.345 e. The number of likely N-dealkylation sites (N-methyl/N-ethyl adjacent to an activating group) is 1. The summed E-state index contributed by atoms with van der Waals surface area (Å²) in [6, 6.07) is 7.13. The minimum absolute atomic E-state index is 0.0519. The van der Waals surface area contributed by atoms with Crippen LogP contribution in [0.2, 0.25) is 0 Å². The minimum atomic E-state index is -0.509. The van der Waals surface area contributed by atoms with E-state index in [4.69, 9.17) is 4.74 Å². The number of rotatable bonds is 3. The first-order valence-corrected chi connectivity index (χ1v) is 7.15. The Labute approximate surface area is 127 Å². The molecule has 0 bridgehead atoms. The maximum Gasteiger partial charge on any atom is 0.345 e. The van der Waals surface area contributed by atoms with Crippen LogP contribution in [0.25, 0.3) is 0 Å². The average Bonchev–Trinajstić information content (AvgIpc) is 2.75. The Hall–Kier alpha value is -2.57. The van der Waals surface area contributed by atoms with Gasteiger partial charge in [0.15, 0.2) is 0 Å². The van der Waals surface area contributed by atoms with Crippen LogP contribution in [0.15, 0.2) is 24.3 Å². The van der Waals surface area contributed by atoms with Crippen LogP contribution >= 0.6 is 0 Å². The molecule has 3 rings (SSSR count). The highest BCUT2D eigenvalue weighted by atomic mass is 16.5. The number of fused-ring (bicyclic) bond motifs is 1. The minimum Gasteiger partial charge on any atom is -0.493 e. The molecular formula is C15H17N3O4. The standard InChI is InChI=1S/C15H17N3O4/c1-17-14(20)9-18(15(17)21)16-13(19)8-10-6-7-22-12-5-3-2-4-11(10)12/h2-5,10H,6-9H2,1H3,(H,16,19). The molecular weight excluding hydrogens is 286 g/mol. The zero-order valence-electron chi connectivity index (χ0n) is 12.2. The highest BCUT2D eigenvalue weighted by Crippen LogP contribution is 2.35.